The second-order valence-electron chi connectivity index (χ2n) is 5.90. The number of amides is 1. The highest BCUT2D eigenvalue weighted by molar-refractivity contribution is 7.10. The number of rotatable bonds is 7. The Morgan fingerprint density at radius 3 is 2.68 bits per heavy atom. The van der Waals surface area contributed by atoms with E-state index in [0.717, 1.165) is 24.1 Å². The van der Waals surface area contributed by atoms with E-state index >= 15 is 0 Å². The van der Waals surface area contributed by atoms with E-state index < -0.39 is 11.9 Å². The maximum absolute atomic E-state index is 12.5. The molecule has 1 atom stereocenters. The molecule has 4 nitrogen and oxygen atoms in total. The van der Waals surface area contributed by atoms with Crippen LogP contribution in [0.25, 0.3) is 0 Å². The van der Waals surface area contributed by atoms with Crippen molar-refractivity contribution in [3.05, 3.63) is 33.7 Å². The van der Waals surface area contributed by atoms with E-state index in [1.165, 1.54) is 11.3 Å². The molecule has 0 aliphatic carbocycles. The Labute approximate surface area is 135 Å². The van der Waals surface area contributed by atoms with Crippen molar-refractivity contribution >= 4 is 23.0 Å². The van der Waals surface area contributed by atoms with Crippen molar-refractivity contribution in [2.75, 3.05) is 6.54 Å². The van der Waals surface area contributed by atoms with E-state index in [4.69, 9.17) is 0 Å². The first-order valence-electron chi connectivity index (χ1n) is 7.80. The van der Waals surface area contributed by atoms with Crippen LogP contribution in [-0.2, 0) is 9.59 Å². The fraction of sp³-hybridized carbons (Fsp3) is 0.529. The number of Topliss-reactive ketones (excluding diaryl/α,β-unsaturated/α-hetero) is 1. The third-order valence-electron chi connectivity index (χ3n) is 3.91. The molecule has 1 aromatic rings. The van der Waals surface area contributed by atoms with Gasteiger partial charge in [-0.2, -0.15) is 0 Å². The first kappa shape index (κ1) is 16.7. The van der Waals surface area contributed by atoms with Crippen LogP contribution < -0.4 is 0 Å². The van der Waals surface area contributed by atoms with Crippen LogP contribution in [-0.4, -0.2) is 28.2 Å². The molecular weight excluding hydrogens is 298 g/mol. The smallest absolute Gasteiger partial charge is 0.290 e. The fourth-order valence-corrected chi connectivity index (χ4v) is 3.57. The minimum absolute atomic E-state index is 0.151. The van der Waals surface area contributed by atoms with Gasteiger partial charge in [-0.05, 0) is 17.9 Å². The zero-order chi connectivity index (χ0) is 16.3. The van der Waals surface area contributed by atoms with Gasteiger partial charge in [0.2, 0.25) is 0 Å². The number of nitrogens with zero attached hydrogens (tertiary/aromatic N) is 1. The second kappa shape index (κ2) is 7.09. The largest absolute Gasteiger partial charge is 0.503 e. The number of hydrogen-bond donors (Lipinski definition) is 1. The zero-order valence-electron chi connectivity index (χ0n) is 13.3. The lowest BCUT2D eigenvalue weighted by Gasteiger charge is -2.26. The standard InChI is InChI=1S/C17H23NO3S/c1-4-5-6-9-18-14(12-8-7-10-22-12)13(15(19)11(2)3)16(20)17(18)21/h7-8,10-11,14,20H,4-6,9H2,1-3H3. The quantitative estimate of drug-likeness (QED) is 0.776. The fourth-order valence-electron chi connectivity index (χ4n) is 2.72. The Morgan fingerprint density at radius 2 is 2.14 bits per heavy atom. The average molecular weight is 321 g/mol. The number of aliphatic hydroxyl groups is 1. The monoisotopic (exact) mass is 321 g/mol. The highest BCUT2D eigenvalue weighted by atomic mass is 32.1. The Morgan fingerprint density at radius 1 is 1.41 bits per heavy atom. The molecule has 0 spiro atoms. The zero-order valence-corrected chi connectivity index (χ0v) is 14.2. The summed E-state index contributed by atoms with van der Waals surface area (Å²) in [6.07, 6.45) is 2.96. The Kier molecular flexibility index (Phi) is 5.40. The SMILES string of the molecule is CCCCCN1C(=O)C(O)=C(C(=O)C(C)C)C1c1cccs1. The molecule has 0 saturated carbocycles. The van der Waals surface area contributed by atoms with Gasteiger partial charge in [-0.25, -0.2) is 0 Å². The molecule has 22 heavy (non-hydrogen) atoms. The number of hydrogen-bond acceptors (Lipinski definition) is 4. The van der Waals surface area contributed by atoms with Crippen LogP contribution in [0.4, 0.5) is 0 Å². The molecule has 120 valence electrons. The normalized spacial score (nSPS) is 18.6. The molecule has 2 rings (SSSR count). The van der Waals surface area contributed by atoms with Crippen molar-refractivity contribution in [1.29, 1.82) is 0 Å². The summed E-state index contributed by atoms with van der Waals surface area (Å²) in [5.41, 5.74) is 0.263. The van der Waals surface area contributed by atoms with Gasteiger partial charge >= 0.3 is 0 Å². The van der Waals surface area contributed by atoms with Crippen LogP contribution in [0.3, 0.4) is 0 Å². The summed E-state index contributed by atoms with van der Waals surface area (Å²) in [7, 11) is 0. The molecule has 5 heteroatoms. The lowest BCUT2D eigenvalue weighted by atomic mass is 9.94. The number of carbonyl (C=O) groups is 2. The number of carbonyl (C=O) groups excluding carboxylic acids is 2. The summed E-state index contributed by atoms with van der Waals surface area (Å²) in [5.74, 6) is -1.18. The molecule has 1 unspecified atom stereocenters. The van der Waals surface area contributed by atoms with Crippen molar-refractivity contribution in [1.82, 2.24) is 4.90 Å². The predicted octanol–water partition coefficient (Wildman–Crippen LogP) is 3.86. The number of ketones is 1. The maximum atomic E-state index is 12.5. The third kappa shape index (κ3) is 3.09. The van der Waals surface area contributed by atoms with E-state index in [2.05, 4.69) is 6.92 Å². The van der Waals surface area contributed by atoms with Gasteiger partial charge in [-0.3, -0.25) is 9.59 Å². The molecule has 2 heterocycles. The molecule has 0 fully saturated rings. The van der Waals surface area contributed by atoms with Crippen LogP contribution in [0.15, 0.2) is 28.8 Å². The van der Waals surface area contributed by atoms with Crippen molar-refractivity contribution < 1.29 is 14.7 Å². The molecule has 1 aliphatic rings. The number of aliphatic hydroxyl groups excluding tert-OH is 1. The van der Waals surface area contributed by atoms with E-state index in [-0.39, 0.29) is 23.0 Å². The van der Waals surface area contributed by atoms with Crippen molar-refractivity contribution in [3.63, 3.8) is 0 Å². The van der Waals surface area contributed by atoms with E-state index in [1.54, 1.807) is 18.7 Å². The van der Waals surface area contributed by atoms with Gasteiger partial charge in [0.05, 0.1) is 11.6 Å². The second-order valence-corrected chi connectivity index (χ2v) is 6.88. The molecular formula is C17H23NO3S. The first-order chi connectivity index (χ1) is 10.5. The number of thiophene rings is 1. The minimum Gasteiger partial charge on any atom is -0.503 e. The summed E-state index contributed by atoms with van der Waals surface area (Å²) in [6, 6.07) is 3.39. The molecule has 0 aromatic carbocycles. The van der Waals surface area contributed by atoms with Crippen molar-refractivity contribution in [3.8, 4) is 0 Å². The summed E-state index contributed by atoms with van der Waals surface area (Å²) in [5, 5.41) is 12.2. The predicted molar refractivity (Wildman–Crippen MR) is 87.8 cm³/mol. The molecule has 1 aliphatic heterocycles. The lowest BCUT2D eigenvalue weighted by Crippen LogP contribution is -2.32. The third-order valence-corrected chi connectivity index (χ3v) is 4.83. The molecule has 0 bridgehead atoms. The summed E-state index contributed by atoms with van der Waals surface area (Å²) >= 11 is 1.51. The molecule has 0 saturated heterocycles. The summed E-state index contributed by atoms with van der Waals surface area (Å²) < 4.78 is 0. The Bertz CT molecular complexity index is 575. The van der Waals surface area contributed by atoms with Crippen LogP contribution in [0.1, 0.15) is 51.0 Å². The van der Waals surface area contributed by atoms with Gasteiger partial charge in [0.25, 0.3) is 5.91 Å². The van der Waals surface area contributed by atoms with Gasteiger partial charge < -0.3 is 10.0 Å². The van der Waals surface area contributed by atoms with Gasteiger partial charge in [0.1, 0.15) is 0 Å². The van der Waals surface area contributed by atoms with E-state index in [9.17, 15) is 14.7 Å². The molecule has 1 N–H and O–H groups in total. The highest BCUT2D eigenvalue weighted by Gasteiger charge is 2.43. The summed E-state index contributed by atoms with van der Waals surface area (Å²) in [4.78, 5) is 27.5. The highest BCUT2D eigenvalue weighted by Crippen LogP contribution is 2.40. The Balaban J connectivity index is 2.37. The molecule has 0 radical (unpaired) electrons. The van der Waals surface area contributed by atoms with Crippen LogP contribution in [0, 0.1) is 5.92 Å². The van der Waals surface area contributed by atoms with E-state index in [1.807, 2.05) is 17.5 Å². The van der Waals surface area contributed by atoms with Gasteiger partial charge in [-0.1, -0.05) is 39.7 Å². The summed E-state index contributed by atoms with van der Waals surface area (Å²) in [6.45, 7) is 6.25. The maximum Gasteiger partial charge on any atom is 0.290 e. The first-order valence-corrected chi connectivity index (χ1v) is 8.68. The van der Waals surface area contributed by atoms with Crippen molar-refractivity contribution in [2.24, 2.45) is 5.92 Å². The Hall–Kier alpha value is -1.62. The van der Waals surface area contributed by atoms with Gasteiger partial charge in [0.15, 0.2) is 11.5 Å². The van der Waals surface area contributed by atoms with Crippen LogP contribution >= 0.6 is 11.3 Å². The van der Waals surface area contributed by atoms with Crippen molar-refractivity contribution in [2.45, 2.75) is 46.1 Å². The van der Waals surface area contributed by atoms with Gasteiger partial charge in [0, 0.05) is 17.3 Å². The lowest BCUT2D eigenvalue weighted by molar-refractivity contribution is -0.129. The van der Waals surface area contributed by atoms with E-state index in [0.29, 0.717) is 6.54 Å². The number of unbranched alkanes of at least 4 members (excludes halogenated alkanes) is 2. The van der Waals surface area contributed by atoms with Gasteiger partial charge in [-0.15, -0.1) is 11.3 Å². The molecule has 1 amide bonds. The van der Waals surface area contributed by atoms with Crippen LogP contribution in [0.2, 0.25) is 0 Å². The molecule has 1 aromatic heterocycles. The van der Waals surface area contributed by atoms with Crippen LogP contribution in [0.5, 0.6) is 0 Å². The average Bonchev–Trinajstić information content (AvgIpc) is 3.08. The minimum atomic E-state index is -0.431. The topological polar surface area (TPSA) is 57.6 Å².